The predicted molar refractivity (Wildman–Crippen MR) is 73.2 cm³/mol. The molecule has 18 heavy (non-hydrogen) atoms. The molecule has 0 radical (unpaired) electrons. The van der Waals surface area contributed by atoms with Crippen molar-refractivity contribution in [1.29, 1.82) is 0 Å². The molecular formula is C11H8Cl2N2O2S. The van der Waals surface area contributed by atoms with Gasteiger partial charge in [-0.15, -0.1) is 11.3 Å². The number of hydrogen-bond acceptors (Lipinski definition) is 4. The molecule has 4 nitrogen and oxygen atoms in total. The number of carboxylic acids is 1. The average molecular weight is 303 g/mol. The lowest BCUT2D eigenvalue weighted by Crippen LogP contribution is -2.02. The molecule has 0 spiro atoms. The van der Waals surface area contributed by atoms with Crippen molar-refractivity contribution in [3.63, 3.8) is 0 Å². The summed E-state index contributed by atoms with van der Waals surface area (Å²) in [4.78, 5) is 14.7. The Balaban J connectivity index is 2.20. The summed E-state index contributed by atoms with van der Waals surface area (Å²) < 4.78 is 0. The maximum Gasteiger partial charge on any atom is 0.309 e. The zero-order chi connectivity index (χ0) is 13.1. The van der Waals surface area contributed by atoms with Crippen LogP contribution in [-0.2, 0) is 11.2 Å². The smallest absolute Gasteiger partial charge is 0.309 e. The third kappa shape index (κ3) is 3.13. The maximum atomic E-state index is 10.7. The molecular weight excluding hydrogens is 295 g/mol. The van der Waals surface area contributed by atoms with Crippen LogP contribution in [0.25, 0.3) is 0 Å². The number of carboxylic acid groups (broad SMARTS) is 1. The van der Waals surface area contributed by atoms with E-state index in [0.717, 1.165) is 5.69 Å². The van der Waals surface area contributed by atoms with Crippen molar-refractivity contribution >= 4 is 51.2 Å². The number of hydrogen-bond donors (Lipinski definition) is 2. The summed E-state index contributed by atoms with van der Waals surface area (Å²) in [6.07, 6.45) is -0.118. The number of aromatic nitrogens is 1. The largest absolute Gasteiger partial charge is 0.481 e. The number of carbonyl (C=O) groups is 1. The molecule has 2 N–H and O–H groups in total. The van der Waals surface area contributed by atoms with Crippen LogP contribution in [0.3, 0.4) is 0 Å². The Morgan fingerprint density at radius 1 is 1.39 bits per heavy atom. The van der Waals surface area contributed by atoms with Crippen LogP contribution in [-0.4, -0.2) is 16.1 Å². The first-order chi connectivity index (χ1) is 8.56. The van der Waals surface area contributed by atoms with E-state index in [1.54, 1.807) is 23.7 Å². The number of rotatable bonds is 4. The van der Waals surface area contributed by atoms with Gasteiger partial charge in [0.05, 0.1) is 27.7 Å². The standard InChI is InChI=1S/C11H8Cl2N2O2S/c12-7-2-1-6(3-8(7)13)15-11-9(4-10(16)17)14-5-18-11/h1-3,5,15H,4H2,(H,16,17). The van der Waals surface area contributed by atoms with Crippen LogP contribution in [0, 0.1) is 0 Å². The number of benzene rings is 1. The molecule has 1 aromatic carbocycles. The molecule has 0 aliphatic carbocycles. The zero-order valence-corrected chi connectivity index (χ0v) is 11.3. The van der Waals surface area contributed by atoms with Gasteiger partial charge in [0.15, 0.2) is 0 Å². The molecule has 1 aromatic heterocycles. The second-order valence-electron chi connectivity index (χ2n) is 3.45. The number of halogens is 2. The monoisotopic (exact) mass is 302 g/mol. The molecule has 0 unspecified atom stereocenters. The zero-order valence-electron chi connectivity index (χ0n) is 8.98. The van der Waals surface area contributed by atoms with Gasteiger partial charge in [0, 0.05) is 5.69 Å². The van der Waals surface area contributed by atoms with Gasteiger partial charge in [0.25, 0.3) is 0 Å². The lowest BCUT2D eigenvalue weighted by molar-refractivity contribution is -0.136. The molecule has 94 valence electrons. The Bertz CT molecular complexity index is 586. The molecule has 0 atom stereocenters. The van der Waals surface area contributed by atoms with Gasteiger partial charge in [0.2, 0.25) is 0 Å². The molecule has 0 saturated carbocycles. The predicted octanol–water partition coefficient (Wildman–Crippen LogP) is 3.82. The first-order valence-electron chi connectivity index (χ1n) is 4.92. The van der Waals surface area contributed by atoms with Crippen LogP contribution in [0.15, 0.2) is 23.7 Å². The Kier molecular flexibility index (Phi) is 4.06. The molecule has 1 heterocycles. The van der Waals surface area contributed by atoms with Crippen LogP contribution in [0.1, 0.15) is 5.69 Å². The van der Waals surface area contributed by atoms with Gasteiger partial charge in [-0.3, -0.25) is 4.79 Å². The SMILES string of the molecule is O=C(O)Cc1ncsc1Nc1ccc(Cl)c(Cl)c1. The number of aliphatic carboxylic acids is 1. The van der Waals surface area contributed by atoms with Crippen LogP contribution in [0.4, 0.5) is 10.7 Å². The van der Waals surface area contributed by atoms with Crippen LogP contribution < -0.4 is 5.32 Å². The number of nitrogens with one attached hydrogen (secondary N) is 1. The molecule has 0 fully saturated rings. The number of thiazole rings is 1. The highest BCUT2D eigenvalue weighted by Crippen LogP contribution is 2.29. The Labute approximate surface area is 117 Å². The molecule has 0 aliphatic rings. The summed E-state index contributed by atoms with van der Waals surface area (Å²) in [5.74, 6) is -0.918. The van der Waals surface area contributed by atoms with Crippen molar-refractivity contribution in [3.8, 4) is 0 Å². The van der Waals surface area contributed by atoms with E-state index in [1.807, 2.05) is 0 Å². The fourth-order valence-corrected chi connectivity index (χ4v) is 2.37. The summed E-state index contributed by atoms with van der Waals surface area (Å²) >= 11 is 13.1. The second-order valence-corrected chi connectivity index (χ2v) is 5.12. The molecule has 2 rings (SSSR count). The van der Waals surface area contributed by atoms with Gasteiger partial charge in [0.1, 0.15) is 5.00 Å². The van der Waals surface area contributed by atoms with Crippen molar-refractivity contribution in [2.75, 3.05) is 5.32 Å². The van der Waals surface area contributed by atoms with E-state index in [1.165, 1.54) is 11.3 Å². The van der Waals surface area contributed by atoms with E-state index < -0.39 is 5.97 Å². The summed E-state index contributed by atoms with van der Waals surface area (Å²) in [6, 6.07) is 5.11. The maximum absolute atomic E-state index is 10.7. The Morgan fingerprint density at radius 2 is 2.17 bits per heavy atom. The van der Waals surface area contributed by atoms with Crippen molar-refractivity contribution < 1.29 is 9.90 Å². The van der Waals surface area contributed by atoms with Crippen molar-refractivity contribution in [3.05, 3.63) is 39.4 Å². The van der Waals surface area contributed by atoms with Crippen molar-refractivity contribution in [2.45, 2.75) is 6.42 Å². The number of anilines is 2. The highest BCUT2D eigenvalue weighted by Gasteiger charge is 2.10. The first kappa shape index (κ1) is 13.1. The van der Waals surface area contributed by atoms with Gasteiger partial charge in [-0.05, 0) is 18.2 Å². The summed E-state index contributed by atoms with van der Waals surface area (Å²) in [5.41, 5.74) is 2.83. The van der Waals surface area contributed by atoms with Gasteiger partial charge >= 0.3 is 5.97 Å². The Hall–Kier alpha value is -1.30. The third-order valence-electron chi connectivity index (χ3n) is 2.14. The topological polar surface area (TPSA) is 62.2 Å². The number of nitrogens with zero attached hydrogens (tertiary/aromatic N) is 1. The minimum Gasteiger partial charge on any atom is -0.481 e. The summed E-state index contributed by atoms with van der Waals surface area (Å²) in [6.45, 7) is 0. The highest BCUT2D eigenvalue weighted by molar-refractivity contribution is 7.14. The first-order valence-corrected chi connectivity index (χ1v) is 6.56. The van der Waals surface area contributed by atoms with Crippen LogP contribution in [0.2, 0.25) is 10.0 Å². The third-order valence-corrected chi connectivity index (χ3v) is 3.66. The van der Waals surface area contributed by atoms with E-state index >= 15 is 0 Å². The van der Waals surface area contributed by atoms with Gasteiger partial charge in [-0.2, -0.15) is 0 Å². The molecule has 7 heteroatoms. The van der Waals surface area contributed by atoms with E-state index in [2.05, 4.69) is 10.3 Å². The minimum atomic E-state index is -0.918. The van der Waals surface area contributed by atoms with Gasteiger partial charge in [-0.25, -0.2) is 4.98 Å². The Morgan fingerprint density at radius 3 is 2.83 bits per heavy atom. The summed E-state index contributed by atoms with van der Waals surface area (Å²) in [5, 5.41) is 13.4. The van der Waals surface area contributed by atoms with Crippen molar-refractivity contribution in [1.82, 2.24) is 4.98 Å². The molecule has 0 saturated heterocycles. The minimum absolute atomic E-state index is 0.118. The summed E-state index contributed by atoms with van der Waals surface area (Å²) in [7, 11) is 0. The fraction of sp³-hybridized carbons (Fsp3) is 0.0909. The fourth-order valence-electron chi connectivity index (χ4n) is 1.35. The molecule has 2 aromatic rings. The van der Waals surface area contributed by atoms with E-state index in [9.17, 15) is 4.79 Å². The van der Waals surface area contributed by atoms with Crippen molar-refractivity contribution in [2.24, 2.45) is 0 Å². The van der Waals surface area contributed by atoms with E-state index in [-0.39, 0.29) is 6.42 Å². The average Bonchev–Trinajstić information content (AvgIpc) is 2.70. The normalized spacial score (nSPS) is 10.3. The second kappa shape index (κ2) is 5.56. The van der Waals surface area contributed by atoms with Crippen LogP contribution >= 0.6 is 34.5 Å². The van der Waals surface area contributed by atoms with E-state index in [0.29, 0.717) is 20.7 Å². The molecule has 0 bridgehead atoms. The van der Waals surface area contributed by atoms with Gasteiger partial charge < -0.3 is 10.4 Å². The van der Waals surface area contributed by atoms with Crippen LogP contribution in [0.5, 0.6) is 0 Å². The molecule has 0 amide bonds. The lowest BCUT2D eigenvalue weighted by atomic mass is 10.3. The highest BCUT2D eigenvalue weighted by atomic mass is 35.5. The molecule has 0 aliphatic heterocycles. The van der Waals surface area contributed by atoms with Gasteiger partial charge in [-0.1, -0.05) is 23.2 Å². The lowest BCUT2D eigenvalue weighted by Gasteiger charge is -2.06. The quantitative estimate of drug-likeness (QED) is 0.901. The van der Waals surface area contributed by atoms with E-state index in [4.69, 9.17) is 28.3 Å².